The lowest BCUT2D eigenvalue weighted by Crippen LogP contribution is -2.29. The third-order valence-electron chi connectivity index (χ3n) is 7.49. The highest BCUT2D eigenvalue weighted by Gasteiger charge is 2.21. The Bertz CT molecular complexity index is 1350. The minimum absolute atomic E-state index is 0.174. The van der Waals surface area contributed by atoms with Gasteiger partial charge in [-0.3, -0.25) is 9.48 Å². The van der Waals surface area contributed by atoms with Crippen LogP contribution in [0.4, 0.5) is 16.0 Å². The lowest BCUT2D eigenvalue weighted by molar-refractivity contribution is -0.140. The number of aromatic nitrogens is 3. The second-order valence-corrected chi connectivity index (χ2v) is 10.4. The SMILES string of the molecule is CCN(CCCCC(=O)OC)c1cc2c(cc1CN(Cc1cc(C#N)cc(CF)c1)c1ncn(C)n1)CCCC2. The Morgan fingerprint density at radius 2 is 1.82 bits per heavy atom. The van der Waals surface area contributed by atoms with Crippen molar-refractivity contribution in [2.24, 2.45) is 7.05 Å². The first-order chi connectivity index (χ1) is 19.4. The molecular formula is C31H39FN6O2. The van der Waals surface area contributed by atoms with Crippen molar-refractivity contribution >= 4 is 17.6 Å². The van der Waals surface area contributed by atoms with Crippen LogP contribution in [-0.4, -0.2) is 40.9 Å². The van der Waals surface area contributed by atoms with Crippen LogP contribution in [0.3, 0.4) is 0 Å². The van der Waals surface area contributed by atoms with Gasteiger partial charge < -0.3 is 14.5 Å². The summed E-state index contributed by atoms with van der Waals surface area (Å²) in [6.45, 7) is 4.22. The van der Waals surface area contributed by atoms with Gasteiger partial charge in [0, 0.05) is 45.3 Å². The summed E-state index contributed by atoms with van der Waals surface area (Å²) in [7, 11) is 3.26. The van der Waals surface area contributed by atoms with Crippen molar-refractivity contribution in [2.75, 3.05) is 30.0 Å². The Hall–Kier alpha value is -3.93. The van der Waals surface area contributed by atoms with Crippen LogP contribution in [0.1, 0.15) is 72.4 Å². The van der Waals surface area contributed by atoms with Gasteiger partial charge in [-0.2, -0.15) is 5.26 Å². The molecule has 0 saturated carbocycles. The molecule has 4 rings (SSSR count). The number of rotatable bonds is 13. The number of methoxy groups -OCH3 is 1. The van der Waals surface area contributed by atoms with Crippen LogP contribution < -0.4 is 9.80 Å². The van der Waals surface area contributed by atoms with Crippen molar-refractivity contribution < 1.29 is 13.9 Å². The molecule has 3 aromatic rings. The van der Waals surface area contributed by atoms with Crippen LogP contribution in [-0.2, 0) is 49.2 Å². The number of fused-ring (bicyclic) bond motifs is 1. The van der Waals surface area contributed by atoms with E-state index in [0.29, 0.717) is 36.6 Å². The van der Waals surface area contributed by atoms with E-state index >= 15 is 0 Å². The first-order valence-corrected chi connectivity index (χ1v) is 14.1. The van der Waals surface area contributed by atoms with Crippen LogP contribution in [0.15, 0.2) is 36.7 Å². The van der Waals surface area contributed by atoms with Crippen LogP contribution in [0.25, 0.3) is 0 Å². The van der Waals surface area contributed by atoms with E-state index in [0.717, 1.165) is 44.3 Å². The highest BCUT2D eigenvalue weighted by molar-refractivity contribution is 5.69. The molecule has 1 aromatic heterocycles. The molecule has 0 radical (unpaired) electrons. The molecule has 1 aliphatic rings. The van der Waals surface area contributed by atoms with Crippen molar-refractivity contribution in [3.05, 3.63) is 70.0 Å². The average molecular weight is 547 g/mol. The van der Waals surface area contributed by atoms with Gasteiger partial charge in [-0.25, -0.2) is 9.37 Å². The highest BCUT2D eigenvalue weighted by atomic mass is 19.1. The molecule has 9 heteroatoms. The summed E-state index contributed by atoms with van der Waals surface area (Å²) >= 11 is 0. The average Bonchev–Trinajstić information content (AvgIpc) is 3.42. The van der Waals surface area contributed by atoms with Crippen molar-refractivity contribution in [2.45, 2.75) is 71.6 Å². The minimum Gasteiger partial charge on any atom is -0.469 e. The molecule has 1 aliphatic carbocycles. The van der Waals surface area contributed by atoms with Crippen LogP contribution in [0.5, 0.6) is 0 Å². The maximum atomic E-state index is 13.6. The summed E-state index contributed by atoms with van der Waals surface area (Å²) in [5.41, 5.74) is 6.96. The Kier molecular flexibility index (Phi) is 10.1. The quantitative estimate of drug-likeness (QED) is 0.209. The van der Waals surface area contributed by atoms with E-state index < -0.39 is 6.67 Å². The second-order valence-electron chi connectivity index (χ2n) is 10.4. The minimum atomic E-state index is -0.624. The van der Waals surface area contributed by atoms with Crippen molar-refractivity contribution in [1.82, 2.24) is 14.8 Å². The molecule has 40 heavy (non-hydrogen) atoms. The van der Waals surface area contributed by atoms with Crippen LogP contribution in [0.2, 0.25) is 0 Å². The number of ether oxygens (including phenoxy) is 1. The fourth-order valence-corrected chi connectivity index (χ4v) is 5.46. The van der Waals surface area contributed by atoms with Crippen molar-refractivity contribution in [3.63, 3.8) is 0 Å². The molecule has 2 aromatic carbocycles. The Balaban J connectivity index is 1.67. The molecule has 0 amide bonds. The zero-order valence-corrected chi connectivity index (χ0v) is 23.8. The standard InChI is InChI=1S/C31H39FN6O2/c1-4-37(12-8-7-11-30(39)40-3)29-17-27-10-6-5-9-26(27)16-28(29)21-38(31-34-22-36(2)35-31)20-25-14-23(18-32)13-24(15-25)19-33/h13-17,22H,4-12,18,20-21H2,1-3H3. The van der Waals surface area contributed by atoms with E-state index in [-0.39, 0.29) is 5.97 Å². The zero-order valence-electron chi connectivity index (χ0n) is 23.8. The van der Waals surface area contributed by atoms with Gasteiger partial charge in [0.15, 0.2) is 0 Å². The van der Waals surface area contributed by atoms with Crippen LogP contribution in [0, 0.1) is 11.3 Å². The molecule has 8 nitrogen and oxygen atoms in total. The van der Waals surface area contributed by atoms with Crippen molar-refractivity contribution in [3.8, 4) is 6.07 Å². The van der Waals surface area contributed by atoms with Gasteiger partial charge in [0.1, 0.15) is 13.0 Å². The summed E-state index contributed by atoms with van der Waals surface area (Å²) in [4.78, 5) is 20.6. The first-order valence-electron chi connectivity index (χ1n) is 14.1. The number of hydrogen-bond acceptors (Lipinski definition) is 7. The molecule has 0 fully saturated rings. The van der Waals surface area contributed by atoms with Gasteiger partial charge >= 0.3 is 5.97 Å². The van der Waals surface area contributed by atoms with Gasteiger partial charge in [0.25, 0.3) is 0 Å². The molecule has 0 atom stereocenters. The van der Waals surface area contributed by atoms with Gasteiger partial charge in [-0.15, -0.1) is 5.10 Å². The summed E-state index contributed by atoms with van der Waals surface area (Å²) in [6, 6.07) is 12.1. The molecule has 0 aliphatic heterocycles. The number of nitrogens with zero attached hydrogens (tertiary/aromatic N) is 6. The van der Waals surface area contributed by atoms with Gasteiger partial charge in [0.05, 0.1) is 18.7 Å². The number of aryl methyl sites for hydroxylation is 3. The lowest BCUT2D eigenvalue weighted by atomic mass is 9.89. The molecule has 1 heterocycles. The van der Waals surface area contributed by atoms with E-state index in [9.17, 15) is 14.4 Å². The van der Waals surface area contributed by atoms with Crippen LogP contribution >= 0.6 is 0 Å². The fourth-order valence-electron chi connectivity index (χ4n) is 5.46. The monoisotopic (exact) mass is 546 g/mol. The maximum Gasteiger partial charge on any atom is 0.305 e. The third-order valence-corrected chi connectivity index (χ3v) is 7.49. The number of anilines is 2. The number of esters is 1. The van der Waals surface area contributed by atoms with Gasteiger partial charge in [-0.05, 0) is 91.5 Å². The zero-order chi connectivity index (χ0) is 28.5. The van der Waals surface area contributed by atoms with E-state index in [4.69, 9.17) is 4.74 Å². The summed E-state index contributed by atoms with van der Waals surface area (Å²) in [5.74, 6) is 0.406. The maximum absolute atomic E-state index is 13.6. The van der Waals surface area contributed by atoms with E-state index in [1.165, 1.54) is 42.3 Å². The van der Waals surface area contributed by atoms with E-state index in [2.05, 4.69) is 45.0 Å². The largest absolute Gasteiger partial charge is 0.469 e. The van der Waals surface area contributed by atoms with E-state index in [1.807, 2.05) is 19.2 Å². The van der Waals surface area contributed by atoms with Gasteiger partial charge in [-0.1, -0.05) is 12.1 Å². The number of halogens is 1. The molecule has 212 valence electrons. The lowest BCUT2D eigenvalue weighted by Gasteiger charge is -2.31. The molecule has 0 saturated heterocycles. The summed E-state index contributed by atoms with van der Waals surface area (Å²) < 4.78 is 20.1. The molecule has 0 bridgehead atoms. The number of benzene rings is 2. The van der Waals surface area contributed by atoms with Crippen molar-refractivity contribution in [1.29, 1.82) is 5.26 Å². The predicted molar refractivity (Wildman–Crippen MR) is 154 cm³/mol. The molecule has 0 spiro atoms. The summed E-state index contributed by atoms with van der Waals surface area (Å²) in [6.07, 6.45) is 8.31. The van der Waals surface area contributed by atoms with E-state index in [1.54, 1.807) is 17.1 Å². The fraction of sp³-hybridized carbons (Fsp3) is 0.484. The number of alkyl halides is 1. The Morgan fingerprint density at radius 1 is 1.07 bits per heavy atom. The normalized spacial score (nSPS) is 12.5. The molecule has 0 unspecified atom stereocenters. The molecule has 0 N–H and O–H groups in total. The smallest absolute Gasteiger partial charge is 0.305 e. The summed E-state index contributed by atoms with van der Waals surface area (Å²) in [5, 5.41) is 14.1. The topological polar surface area (TPSA) is 87.3 Å². The third kappa shape index (κ3) is 7.38. The number of carbonyl (C=O) groups is 1. The Labute approximate surface area is 236 Å². The predicted octanol–water partition coefficient (Wildman–Crippen LogP) is 5.41. The first kappa shape index (κ1) is 29.1. The number of hydrogen-bond donors (Lipinski definition) is 0. The number of unbranched alkanes of at least 4 members (excludes halogenated alkanes) is 1. The number of carbonyl (C=O) groups excluding carboxylic acids is 1. The number of nitriles is 1. The highest BCUT2D eigenvalue weighted by Crippen LogP contribution is 2.32. The second kappa shape index (κ2) is 13.9. The molecular weight excluding hydrogens is 507 g/mol. The van der Waals surface area contributed by atoms with Gasteiger partial charge in [0.2, 0.25) is 5.95 Å². The Morgan fingerprint density at radius 3 is 2.48 bits per heavy atom.